The van der Waals surface area contributed by atoms with E-state index in [1.807, 2.05) is 55.5 Å². The Morgan fingerprint density at radius 3 is 2.29 bits per heavy atom. The van der Waals surface area contributed by atoms with Crippen LogP contribution >= 0.6 is 0 Å². The van der Waals surface area contributed by atoms with E-state index in [4.69, 9.17) is 0 Å². The van der Waals surface area contributed by atoms with E-state index in [-0.39, 0.29) is 17.4 Å². The molecule has 0 saturated heterocycles. The maximum absolute atomic E-state index is 13.5. The van der Waals surface area contributed by atoms with Crippen molar-refractivity contribution in [3.05, 3.63) is 128 Å². The second-order valence-electron chi connectivity index (χ2n) is 8.28. The van der Waals surface area contributed by atoms with Crippen molar-refractivity contribution < 1.29 is 14.5 Å². The van der Waals surface area contributed by atoms with E-state index in [0.717, 1.165) is 11.1 Å². The molecule has 0 bridgehead atoms. The molecule has 7 nitrogen and oxygen atoms in total. The zero-order chi connectivity index (χ0) is 23.8. The third-order valence-corrected chi connectivity index (χ3v) is 6.23. The molecular weight excluding hydrogens is 430 g/mol. The average molecular weight is 451 g/mol. The summed E-state index contributed by atoms with van der Waals surface area (Å²) in [4.78, 5) is 37.6. The molecule has 5 rings (SSSR count). The molecule has 34 heavy (non-hydrogen) atoms. The first kappa shape index (κ1) is 21.3. The minimum Gasteiger partial charge on any atom is -0.358 e. The number of amides is 1. The Hall–Kier alpha value is -4.52. The van der Waals surface area contributed by atoms with Gasteiger partial charge >= 0.3 is 0 Å². The second-order valence-corrected chi connectivity index (χ2v) is 8.28. The van der Waals surface area contributed by atoms with Crippen molar-refractivity contribution in [2.45, 2.75) is 19.4 Å². The first-order chi connectivity index (χ1) is 16.5. The van der Waals surface area contributed by atoms with Gasteiger partial charge in [-0.05, 0) is 18.1 Å². The van der Waals surface area contributed by atoms with Gasteiger partial charge in [-0.1, -0.05) is 66.7 Å². The molecule has 0 aromatic heterocycles. The largest absolute Gasteiger partial charge is 0.358 e. The van der Waals surface area contributed by atoms with Crippen molar-refractivity contribution in [2.75, 3.05) is 0 Å². The monoisotopic (exact) mass is 451 g/mol. The van der Waals surface area contributed by atoms with E-state index in [9.17, 15) is 19.7 Å². The Balaban J connectivity index is 1.58. The van der Waals surface area contributed by atoms with Crippen molar-refractivity contribution in [2.24, 2.45) is 0 Å². The third kappa shape index (κ3) is 3.57. The van der Waals surface area contributed by atoms with E-state index in [1.165, 1.54) is 12.1 Å². The van der Waals surface area contributed by atoms with Crippen LogP contribution in [0.2, 0.25) is 0 Å². The van der Waals surface area contributed by atoms with Crippen molar-refractivity contribution in [3.8, 4) is 0 Å². The predicted octanol–water partition coefficient (Wildman–Crippen LogP) is 4.48. The molecule has 7 heteroatoms. The summed E-state index contributed by atoms with van der Waals surface area (Å²) in [6.07, 6.45) is 0. The average Bonchev–Trinajstić information content (AvgIpc) is 3.14. The van der Waals surface area contributed by atoms with Gasteiger partial charge in [0.1, 0.15) is 0 Å². The second kappa shape index (κ2) is 8.44. The number of dihydropyridines is 1. The summed E-state index contributed by atoms with van der Waals surface area (Å²) in [5.41, 5.74) is 5.12. The maximum Gasteiger partial charge on any atom is 0.269 e. The third-order valence-electron chi connectivity index (χ3n) is 6.23. The van der Waals surface area contributed by atoms with Crippen molar-refractivity contribution in [1.29, 1.82) is 0 Å². The fraction of sp³-hybridized carbons (Fsp3) is 0.111. The van der Waals surface area contributed by atoms with Crippen molar-refractivity contribution in [1.82, 2.24) is 10.6 Å². The first-order valence-corrected chi connectivity index (χ1v) is 10.9. The SMILES string of the molecule is CC1=C(C(=O)NCc2ccccc2)C(c2ccc([N+](=O)[O-])cc2)C2=C(N1)c1ccccc1C2=O. The standard InChI is InChI=1S/C27H21N3O4/c1-16-22(27(32)28-15-17-7-3-2-4-8-17)23(18-11-13-19(14-12-18)30(33)34)24-25(29-16)20-9-5-6-10-21(20)26(24)31/h2-14,23,29H,15H2,1H3,(H,28,32). The number of fused-ring (bicyclic) bond motifs is 2. The number of nitrogens with one attached hydrogen (secondary N) is 2. The zero-order valence-electron chi connectivity index (χ0n) is 18.4. The molecule has 1 atom stereocenters. The topological polar surface area (TPSA) is 101 Å². The molecule has 3 aromatic carbocycles. The van der Waals surface area contributed by atoms with Gasteiger partial charge in [-0.3, -0.25) is 19.7 Å². The van der Waals surface area contributed by atoms with Crippen LogP contribution in [0.4, 0.5) is 5.69 Å². The van der Waals surface area contributed by atoms with Gasteiger partial charge in [0, 0.05) is 52.6 Å². The van der Waals surface area contributed by atoms with E-state index < -0.39 is 10.8 Å². The van der Waals surface area contributed by atoms with Crippen LogP contribution in [-0.2, 0) is 11.3 Å². The zero-order valence-corrected chi connectivity index (χ0v) is 18.4. The lowest BCUT2D eigenvalue weighted by Gasteiger charge is -2.29. The van der Waals surface area contributed by atoms with Crippen LogP contribution < -0.4 is 10.6 Å². The Labute approximate surface area is 196 Å². The van der Waals surface area contributed by atoms with Crippen LogP contribution in [0.15, 0.2) is 95.7 Å². The summed E-state index contributed by atoms with van der Waals surface area (Å²) in [5.74, 6) is -1.11. The van der Waals surface area contributed by atoms with E-state index in [1.54, 1.807) is 18.2 Å². The summed E-state index contributed by atoms with van der Waals surface area (Å²) in [5, 5.41) is 17.4. The molecule has 1 unspecified atom stereocenters. The predicted molar refractivity (Wildman–Crippen MR) is 128 cm³/mol. The molecule has 0 spiro atoms. The minimum absolute atomic E-state index is 0.0521. The van der Waals surface area contributed by atoms with Crippen LogP contribution in [0.3, 0.4) is 0 Å². The van der Waals surface area contributed by atoms with Crippen LogP contribution in [0.5, 0.6) is 0 Å². The number of ketones is 1. The number of carbonyl (C=O) groups excluding carboxylic acids is 2. The molecule has 168 valence electrons. The van der Waals surface area contributed by atoms with E-state index in [2.05, 4.69) is 10.6 Å². The fourth-order valence-electron chi connectivity index (χ4n) is 4.63. The van der Waals surface area contributed by atoms with Crippen LogP contribution in [0, 0.1) is 10.1 Å². The van der Waals surface area contributed by atoms with Crippen LogP contribution in [-0.4, -0.2) is 16.6 Å². The van der Waals surface area contributed by atoms with Gasteiger partial charge in [-0.2, -0.15) is 0 Å². The lowest BCUT2D eigenvalue weighted by Crippen LogP contribution is -2.34. The molecule has 2 aliphatic rings. The maximum atomic E-state index is 13.5. The highest BCUT2D eigenvalue weighted by molar-refractivity contribution is 6.23. The molecular formula is C27H21N3O4. The highest BCUT2D eigenvalue weighted by atomic mass is 16.6. The van der Waals surface area contributed by atoms with Crippen LogP contribution in [0.1, 0.15) is 39.9 Å². The molecule has 0 fully saturated rings. The van der Waals surface area contributed by atoms with Gasteiger partial charge in [0.05, 0.1) is 10.6 Å². The lowest BCUT2D eigenvalue weighted by atomic mass is 9.79. The molecule has 1 amide bonds. The first-order valence-electron chi connectivity index (χ1n) is 10.9. The molecule has 1 heterocycles. The van der Waals surface area contributed by atoms with Gasteiger partial charge in [-0.15, -0.1) is 0 Å². The number of nitro benzene ring substituents is 1. The molecule has 2 N–H and O–H groups in total. The molecule has 1 aliphatic heterocycles. The Bertz CT molecular complexity index is 1390. The Morgan fingerprint density at radius 2 is 1.62 bits per heavy atom. The molecule has 0 radical (unpaired) electrons. The fourth-order valence-corrected chi connectivity index (χ4v) is 4.63. The normalized spacial score (nSPS) is 16.6. The summed E-state index contributed by atoms with van der Waals surface area (Å²) in [6, 6.07) is 22.9. The molecule has 1 aliphatic carbocycles. The number of non-ortho nitro benzene ring substituents is 1. The number of Topliss-reactive ketones (excluding diaryl/α,β-unsaturated/α-hetero) is 1. The number of nitro groups is 1. The smallest absolute Gasteiger partial charge is 0.269 e. The van der Waals surface area contributed by atoms with Gasteiger partial charge in [0.2, 0.25) is 5.91 Å². The number of carbonyl (C=O) groups is 2. The van der Waals surface area contributed by atoms with E-state index >= 15 is 0 Å². The number of nitrogens with zero attached hydrogens (tertiary/aromatic N) is 1. The highest BCUT2D eigenvalue weighted by Crippen LogP contribution is 2.46. The van der Waals surface area contributed by atoms with Gasteiger partial charge < -0.3 is 10.6 Å². The van der Waals surface area contributed by atoms with E-state index in [0.29, 0.717) is 40.2 Å². The summed E-state index contributed by atoms with van der Waals surface area (Å²) in [6.45, 7) is 2.15. The number of allylic oxidation sites excluding steroid dienone is 2. The Kier molecular flexibility index (Phi) is 5.30. The molecule has 0 saturated carbocycles. The number of hydrogen-bond donors (Lipinski definition) is 2. The van der Waals surface area contributed by atoms with Gasteiger partial charge in [0.25, 0.3) is 5.69 Å². The summed E-state index contributed by atoms with van der Waals surface area (Å²) < 4.78 is 0. The number of benzene rings is 3. The number of rotatable bonds is 5. The van der Waals surface area contributed by atoms with Gasteiger partial charge in [0.15, 0.2) is 5.78 Å². The van der Waals surface area contributed by atoms with Gasteiger partial charge in [-0.25, -0.2) is 0 Å². The Morgan fingerprint density at radius 1 is 0.971 bits per heavy atom. The van der Waals surface area contributed by atoms with Crippen LogP contribution in [0.25, 0.3) is 5.70 Å². The molecule has 3 aromatic rings. The van der Waals surface area contributed by atoms with Crippen molar-refractivity contribution >= 4 is 23.1 Å². The minimum atomic E-state index is -0.660. The number of hydrogen-bond acceptors (Lipinski definition) is 5. The highest BCUT2D eigenvalue weighted by Gasteiger charge is 2.42. The van der Waals surface area contributed by atoms with Crippen molar-refractivity contribution in [3.63, 3.8) is 0 Å². The summed E-state index contributed by atoms with van der Waals surface area (Å²) >= 11 is 0. The summed E-state index contributed by atoms with van der Waals surface area (Å²) in [7, 11) is 0. The quantitative estimate of drug-likeness (QED) is 0.440. The lowest BCUT2D eigenvalue weighted by molar-refractivity contribution is -0.384.